The number of carboxylic acids is 1. The molecule has 1 spiro atoms. The van der Waals surface area contributed by atoms with Crippen LogP contribution >= 0.6 is 0 Å². The second kappa shape index (κ2) is 4.11. The zero-order valence-corrected chi connectivity index (χ0v) is 12.4. The lowest BCUT2D eigenvalue weighted by Crippen LogP contribution is -2.58. The van der Waals surface area contributed by atoms with E-state index < -0.39 is 29.5 Å². The number of piperidine rings is 3. The maximum absolute atomic E-state index is 13.0. The minimum Gasteiger partial charge on any atom is -0.481 e. The van der Waals surface area contributed by atoms with Gasteiger partial charge in [0.1, 0.15) is 11.5 Å². The molecule has 5 fully saturated rings. The van der Waals surface area contributed by atoms with Crippen LogP contribution in [0.25, 0.3) is 0 Å². The molecule has 0 aromatic carbocycles. The average molecular weight is 304 g/mol. The summed E-state index contributed by atoms with van der Waals surface area (Å²) < 4.78 is 5.96. The zero-order valence-electron chi connectivity index (χ0n) is 12.4. The summed E-state index contributed by atoms with van der Waals surface area (Å²) in [7, 11) is 0. The van der Waals surface area contributed by atoms with E-state index in [1.807, 2.05) is 17.1 Å². The van der Waals surface area contributed by atoms with Gasteiger partial charge in [-0.05, 0) is 31.8 Å². The van der Waals surface area contributed by atoms with Gasteiger partial charge in [-0.15, -0.1) is 0 Å². The van der Waals surface area contributed by atoms with Crippen LogP contribution in [0.1, 0.15) is 12.8 Å². The molecule has 22 heavy (non-hydrogen) atoms. The van der Waals surface area contributed by atoms with Crippen molar-refractivity contribution in [3.05, 3.63) is 12.2 Å². The van der Waals surface area contributed by atoms with Gasteiger partial charge < -0.3 is 19.6 Å². The van der Waals surface area contributed by atoms with E-state index >= 15 is 0 Å². The Morgan fingerprint density at radius 1 is 1.36 bits per heavy atom. The van der Waals surface area contributed by atoms with Crippen LogP contribution in [0.5, 0.6) is 0 Å². The molecule has 1 N–H and O–H groups in total. The number of carboxylic acid groups (broad SMARTS) is 1. The van der Waals surface area contributed by atoms with E-state index in [0.29, 0.717) is 12.5 Å². The number of ether oxygens (including phenoxy) is 1. The highest BCUT2D eigenvalue weighted by atomic mass is 16.5. The monoisotopic (exact) mass is 304 g/mol. The molecule has 0 aromatic heterocycles. The van der Waals surface area contributed by atoms with Crippen molar-refractivity contribution in [3.8, 4) is 0 Å². The van der Waals surface area contributed by atoms with Gasteiger partial charge in [0.05, 0.1) is 18.6 Å². The number of likely N-dealkylation sites (tertiary alicyclic amines) is 1. The fraction of sp³-hybridized carbons (Fsp3) is 0.750. The number of amides is 1. The number of rotatable bonds is 2. The van der Waals surface area contributed by atoms with Crippen molar-refractivity contribution in [2.75, 3.05) is 26.2 Å². The lowest BCUT2D eigenvalue weighted by Gasteiger charge is -2.48. The van der Waals surface area contributed by atoms with E-state index in [-0.39, 0.29) is 11.9 Å². The average Bonchev–Trinajstić information content (AvgIpc) is 3.16. The Labute approximate surface area is 128 Å². The van der Waals surface area contributed by atoms with Crippen LogP contribution in [0.4, 0.5) is 0 Å². The summed E-state index contributed by atoms with van der Waals surface area (Å²) in [4.78, 5) is 29.0. The molecule has 5 atom stereocenters. The van der Waals surface area contributed by atoms with Crippen LogP contribution in [0.3, 0.4) is 0 Å². The van der Waals surface area contributed by atoms with Gasteiger partial charge >= 0.3 is 5.97 Å². The molecule has 0 radical (unpaired) electrons. The van der Waals surface area contributed by atoms with Crippen LogP contribution < -0.4 is 0 Å². The molecule has 6 rings (SSSR count). The third-order valence-corrected chi connectivity index (χ3v) is 6.44. The van der Waals surface area contributed by atoms with Gasteiger partial charge in [0.25, 0.3) is 0 Å². The van der Waals surface area contributed by atoms with Crippen molar-refractivity contribution in [2.24, 2.45) is 17.8 Å². The van der Waals surface area contributed by atoms with E-state index in [0.717, 1.165) is 32.5 Å². The fourth-order valence-corrected chi connectivity index (χ4v) is 5.38. The second-order valence-electron chi connectivity index (χ2n) is 7.41. The van der Waals surface area contributed by atoms with Gasteiger partial charge in [-0.3, -0.25) is 9.59 Å². The van der Waals surface area contributed by atoms with Crippen LogP contribution in [-0.4, -0.2) is 70.7 Å². The van der Waals surface area contributed by atoms with Crippen molar-refractivity contribution in [1.29, 1.82) is 0 Å². The first-order valence-electron chi connectivity index (χ1n) is 8.22. The van der Waals surface area contributed by atoms with E-state index in [4.69, 9.17) is 4.74 Å². The molecule has 4 bridgehead atoms. The van der Waals surface area contributed by atoms with Gasteiger partial charge in [-0.25, -0.2) is 0 Å². The Balaban J connectivity index is 1.48. The number of fused-ring (bicyclic) bond motifs is 4. The molecule has 6 heteroatoms. The highest BCUT2D eigenvalue weighted by Crippen LogP contribution is 2.53. The third kappa shape index (κ3) is 1.47. The largest absolute Gasteiger partial charge is 0.481 e. The van der Waals surface area contributed by atoms with Crippen LogP contribution in [0.2, 0.25) is 0 Å². The molecule has 0 unspecified atom stereocenters. The standard InChI is InChI=1S/C16H20N2O4/c19-14-13-12(15(20)21)11-1-4-16(13,22-11)8-18(14)10-7-17-5-2-9(10)3-6-17/h1,4,9-13H,2-3,5-8H2,(H,20,21)/t10-,11+,12+,13+,16-/m0/s1. The van der Waals surface area contributed by atoms with Crippen LogP contribution in [0.15, 0.2) is 12.2 Å². The predicted molar refractivity (Wildman–Crippen MR) is 76.0 cm³/mol. The van der Waals surface area contributed by atoms with Crippen molar-refractivity contribution in [2.45, 2.75) is 30.6 Å². The summed E-state index contributed by atoms with van der Waals surface area (Å²) in [6.07, 6.45) is 5.64. The first kappa shape index (κ1) is 13.1. The van der Waals surface area contributed by atoms with Gasteiger partial charge in [-0.2, -0.15) is 0 Å². The Bertz CT molecular complexity index is 583. The Morgan fingerprint density at radius 3 is 2.77 bits per heavy atom. The van der Waals surface area contributed by atoms with Gasteiger partial charge in [-0.1, -0.05) is 12.2 Å². The zero-order chi connectivity index (χ0) is 15.1. The third-order valence-electron chi connectivity index (χ3n) is 6.44. The number of nitrogens with zero attached hydrogens (tertiary/aromatic N) is 2. The molecular weight excluding hydrogens is 284 g/mol. The number of hydrogen-bond donors (Lipinski definition) is 1. The summed E-state index contributed by atoms with van der Waals surface area (Å²) in [6.45, 7) is 3.73. The predicted octanol–water partition coefficient (Wildman–Crippen LogP) is -0.0528. The molecule has 6 heterocycles. The van der Waals surface area contributed by atoms with Crippen molar-refractivity contribution in [3.63, 3.8) is 0 Å². The summed E-state index contributed by atoms with van der Waals surface area (Å²) in [5.74, 6) is -1.60. The smallest absolute Gasteiger partial charge is 0.310 e. The van der Waals surface area contributed by atoms with E-state index in [2.05, 4.69) is 4.90 Å². The number of carbonyl (C=O) groups is 2. The molecular formula is C16H20N2O4. The molecule has 5 saturated heterocycles. The van der Waals surface area contributed by atoms with Crippen LogP contribution in [0, 0.1) is 17.8 Å². The highest BCUT2D eigenvalue weighted by Gasteiger charge is 2.68. The second-order valence-corrected chi connectivity index (χ2v) is 7.41. The maximum atomic E-state index is 13.0. The minimum atomic E-state index is -0.912. The summed E-state index contributed by atoms with van der Waals surface area (Å²) >= 11 is 0. The van der Waals surface area contributed by atoms with Gasteiger partial charge in [0.2, 0.25) is 5.91 Å². The molecule has 0 aromatic rings. The SMILES string of the molecule is O=C(O)[C@@H]1[C@H]2C=C[C@@]3(CN([C@H]4CN5CCC4CC5)C(=O)[C@@H]13)O2. The molecule has 118 valence electrons. The topological polar surface area (TPSA) is 70.1 Å². The summed E-state index contributed by atoms with van der Waals surface area (Å²) in [5.41, 5.74) is -0.684. The van der Waals surface area contributed by atoms with Crippen LogP contribution in [-0.2, 0) is 14.3 Å². The Hall–Kier alpha value is -1.40. The number of carbonyl (C=O) groups excluding carboxylic acids is 1. The first-order valence-corrected chi connectivity index (χ1v) is 8.22. The Morgan fingerprint density at radius 2 is 2.14 bits per heavy atom. The molecule has 6 nitrogen and oxygen atoms in total. The maximum Gasteiger partial charge on any atom is 0.310 e. The normalized spacial score (nSPS) is 51.6. The van der Waals surface area contributed by atoms with E-state index in [9.17, 15) is 14.7 Å². The molecule has 0 saturated carbocycles. The van der Waals surface area contributed by atoms with E-state index in [1.165, 1.54) is 0 Å². The van der Waals surface area contributed by atoms with E-state index in [1.54, 1.807) is 0 Å². The van der Waals surface area contributed by atoms with Crippen molar-refractivity contribution in [1.82, 2.24) is 9.80 Å². The van der Waals surface area contributed by atoms with Gasteiger partial charge in [0.15, 0.2) is 0 Å². The van der Waals surface area contributed by atoms with Crippen molar-refractivity contribution >= 4 is 11.9 Å². The summed E-state index contributed by atoms with van der Waals surface area (Å²) in [5, 5.41) is 9.51. The minimum absolute atomic E-state index is 0.00185. The molecule has 6 aliphatic heterocycles. The molecule has 6 aliphatic rings. The molecule has 1 amide bonds. The molecule has 0 aliphatic carbocycles. The lowest BCUT2D eigenvalue weighted by molar-refractivity contribution is -0.149. The lowest BCUT2D eigenvalue weighted by atomic mass is 9.77. The Kier molecular flexibility index (Phi) is 2.45. The van der Waals surface area contributed by atoms with Gasteiger partial charge in [0, 0.05) is 12.6 Å². The quantitative estimate of drug-likeness (QED) is 0.724. The fourth-order valence-electron chi connectivity index (χ4n) is 5.38. The number of aliphatic carboxylic acids is 1. The van der Waals surface area contributed by atoms with Crippen molar-refractivity contribution < 1.29 is 19.4 Å². The highest BCUT2D eigenvalue weighted by molar-refractivity contribution is 5.91. The first-order chi connectivity index (χ1) is 10.6. The number of hydrogen-bond acceptors (Lipinski definition) is 4. The summed E-state index contributed by atoms with van der Waals surface area (Å²) in [6, 6.07) is 0.237.